The van der Waals surface area contributed by atoms with Crippen molar-refractivity contribution in [3.63, 3.8) is 0 Å². The van der Waals surface area contributed by atoms with Crippen LogP contribution < -0.4 is 0 Å². The molecule has 0 bridgehead atoms. The van der Waals surface area contributed by atoms with Gasteiger partial charge in [-0.15, -0.1) is 0 Å². The maximum atomic E-state index is 13.5. The predicted molar refractivity (Wildman–Crippen MR) is 139 cm³/mol. The van der Waals surface area contributed by atoms with Gasteiger partial charge < -0.3 is 10.0 Å². The molecule has 0 saturated carbocycles. The lowest BCUT2D eigenvalue weighted by molar-refractivity contribution is -0.142. The molecule has 1 aromatic heterocycles. The van der Waals surface area contributed by atoms with Crippen molar-refractivity contribution < 1.29 is 19.5 Å². The van der Waals surface area contributed by atoms with E-state index in [2.05, 4.69) is 4.98 Å². The molecule has 7 heteroatoms. The Morgan fingerprint density at radius 3 is 2.22 bits per heavy atom. The van der Waals surface area contributed by atoms with Gasteiger partial charge in [0.2, 0.25) is 17.7 Å². The first kappa shape index (κ1) is 24.8. The van der Waals surface area contributed by atoms with Gasteiger partial charge in [0.15, 0.2) is 0 Å². The van der Waals surface area contributed by atoms with Gasteiger partial charge in [-0.3, -0.25) is 24.3 Å². The van der Waals surface area contributed by atoms with Crippen molar-refractivity contribution >= 4 is 17.7 Å². The lowest BCUT2D eigenvalue weighted by atomic mass is 9.75. The molecule has 2 aliphatic heterocycles. The Hall–Kier alpha value is -3.84. The Morgan fingerprint density at radius 1 is 0.973 bits per heavy atom. The number of carbonyl (C=O) groups excluding carboxylic acids is 3. The highest BCUT2D eigenvalue weighted by Gasteiger charge is 2.53. The third-order valence-corrected chi connectivity index (χ3v) is 7.87. The number of aliphatic hydroxyl groups excluding tert-OH is 1. The number of carbonyl (C=O) groups is 3. The number of pyridine rings is 1. The summed E-state index contributed by atoms with van der Waals surface area (Å²) in [6, 6.07) is 23.0. The molecule has 2 aromatic carbocycles. The molecular formula is C30H31N3O4. The van der Waals surface area contributed by atoms with Crippen LogP contribution in [-0.4, -0.2) is 57.7 Å². The molecule has 7 nitrogen and oxygen atoms in total. The van der Waals surface area contributed by atoms with Crippen molar-refractivity contribution in [2.24, 2.45) is 5.92 Å². The highest BCUT2D eigenvalue weighted by molar-refractivity contribution is 6.10. The second kappa shape index (κ2) is 10.3. The number of benzene rings is 2. The van der Waals surface area contributed by atoms with Gasteiger partial charge in [0.1, 0.15) is 0 Å². The molecule has 3 heterocycles. The van der Waals surface area contributed by atoms with Crippen LogP contribution in [0.3, 0.4) is 0 Å². The third kappa shape index (κ3) is 4.79. The average Bonchev–Trinajstić information content (AvgIpc) is 3.17. The number of piperidine rings is 1. The number of imide groups is 1. The highest BCUT2D eigenvalue weighted by atomic mass is 16.3. The van der Waals surface area contributed by atoms with E-state index in [1.165, 1.54) is 7.05 Å². The Labute approximate surface area is 216 Å². The Kier molecular flexibility index (Phi) is 6.89. The number of nitrogens with zero attached hydrogens (tertiary/aromatic N) is 3. The van der Waals surface area contributed by atoms with Crippen molar-refractivity contribution in [1.29, 1.82) is 0 Å². The SMILES string of the molecule is CN1C(=O)C[C@](CC(=O)N2CCC([C@@H](O)c3ccccn3)CC2)(c2ccc(-c3ccccc3)cc2)C1=O. The molecular weight excluding hydrogens is 466 g/mol. The van der Waals surface area contributed by atoms with E-state index in [1.807, 2.05) is 72.8 Å². The van der Waals surface area contributed by atoms with Crippen LogP contribution in [0.15, 0.2) is 79.0 Å². The molecule has 2 saturated heterocycles. The van der Waals surface area contributed by atoms with Gasteiger partial charge in [0, 0.05) is 39.2 Å². The summed E-state index contributed by atoms with van der Waals surface area (Å²) in [4.78, 5) is 46.7. The molecule has 0 aliphatic carbocycles. The predicted octanol–water partition coefficient (Wildman–Crippen LogP) is 3.74. The summed E-state index contributed by atoms with van der Waals surface area (Å²) in [5.41, 5.74) is 2.18. The number of hydrogen-bond acceptors (Lipinski definition) is 5. The van der Waals surface area contributed by atoms with Crippen molar-refractivity contribution in [1.82, 2.24) is 14.8 Å². The molecule has 2 fully saturated rings. The van der Waals surface area contributed by atoms with Crippen LogP contribution in [0.4, 0.5) is 0 Å². The van der Waals surface area contributed by atoms with Crippen molar-refractivity contribution in [3.8, 4) is 11.1 Å². The number of likely N-dealkylation sites (N-methyl/N-ethyl adjacent to an activating group) is 1. The molecule has 0 unspecified atom stereocenters. The van der Waals surface area contributed by atoms with E-state index in [0.29, 0.717) is 37.2 Å². The molecule has 5 rings (SSSR count). The summed E-state index contributed by atoms with van der Waals surface area (Å²) in [7, 11) is 1.49. The van der Waals surface area contributed by atoms with Gasteiger partial charge in [-0.25, -0.2) is 0 Å². The molecule has 1 N–H and O–H groups in total. The van der Waals surface area contributed by atoms with E-state index in [9.17, 15) is 19.5 Å². The smallest absolute Gasteiger partial charge is 0.240 e. The largest absolute Gasteiger partial charge is 0.387 e. The van der Waals surface area contributed by atoms with E-state index < -0.39 is 11.5 Å². The van der Waals surface area contributed by atoms with Gasteiger partial charge in [0.05, 0.1) is 17.2 Å². The zero-order valence-corrected chi connectivity index (χ0v) is 20.9. The monoisotopic (exact) mass is 497 g/mol. The van der Waals surface area contributed by atoms with Crippen LogP contribution in [0.1, 0.15) is 43.0 Å². The second-order valence-corrected chi connectivity index (χ2v) is 10.1. The Balaban J connectivity index is 1.32. The topological polar surface area (TPSA) is 90.8 Å². The van der Waals surface area contributed by atoms with Crippen LogP contribution in [0, 0.1) is 5.92 Å². The molecule has 2 aliphatic rings. The number of amides is 3. The summed E-state index contributed by atoms with van der Waals surface area (Å²) in [5.74, 6) is -0.741. The minimum absolute atomic E-state index is 0.0132. The quantitative estimate of drug-likeness (QED) is 0.524. The van der Waals surface area contributed by atoms with Crippen LogP contribution in [0.5, 0.6) is 0 Å². The van der Waals surface area contributed by atoms with Crippen molar-refractivity contribution in [2.75, 3.05) is 20.1 Å². The summed E-state index contributed by atoms with van der Waals surface area (Å²) in [6.07, 6.45) is 2.22. The second-order valence-electron chi connectivity index (χ2n) is 10.1. The summed E-state index contributed by atoms with van der Waals surface area (Å²) >= 11 is 0. The fraction of sp³-hybridized carbons (Fsp3) is 0.333. The Morgan fingerprint density at radius 2 is 1.62 bits per heavy atom. The van der Waals surface area contributed by atoms with E-state index in [1.54, 1.807) is 11.1 Å². The maximum absolute atomic E-state index is 13.5. The number of rotatable bonds is 6. The van der Waals surface area contributed by atoms with Gasteiger partial charge in [-0.1, -0.05) is 60.7 Å². The molecule has 37 heavy (non-hydrogen) atoms. The van der Waals surface area contributed by atoms with Crippen molar-refractivity contribution in [3.05, 3.63) is 90.3 Å². The minimum Gasteiger partial charge on any atom is -0.387 e. The fourth-order valence-electron chi connectivity index (χ4n) is 5.59. The minimum atomic E-state index is -1.21. The summed E-state index contributed by atoms with van der Waals surface area (Å²) < 4.78 is 0. The normalized spacial score (nSPS) is 21.4. The first-order chi connectivity index (χ1) is 17.9. The first-order valence-corrected chi connectivity index (χ1v) is 12.7. The lowest BCUT2D eigenvalue weighted by Gasteiger charge is -2.36. The van der Waals surface area contributed by atoms with Crippen molar-refractivity contribution in [2.45, 2.75) is 37.2 Å². The molecule has 190 valence electrons. The Bertz CT molecular complexity index is 1270. The lowest BCUT2D eigenvalue weighted by Crippen LogP contribution is -2.45. The zero-order valence-electron chi connectivity index (χ0n) is 20.9. The van der Waals surface area contributed by atoms with E-state index in [0.717, 1.165) is 16.0 Å². The van der Waals surface area contributed by atoms with Crippen LogP contribution >= 0.6 is 0 Å². The van der Waals surface area contributed by atoms with E-state index >= 15 is 0 Å². The van der Waals surface area contributed by atoms with E-state index in [-0.39, 0.29) is 36.5 Å². The third-order valence-electron chi connectivity index (χ3n) is 7.87. The number of aliphatic hydroxyl groups is 1. The molecule has 3 aromatic rings. The van der Waals surface area contributed by atoms with Gasteiger partial charge in [-0.2, -0.15) is 0 Å². The summed E-state index contributed by atoms with van der Waals surface area (Å²) in [6.45, 7) is 0.989. The molecule has 0 spiro atoms. The van der Waals surface area contributed by atoms with Gasteiger partial charge >= 0.3 is 0 Å². The van der Waals surface area contributed by atoms with E-state index in [4.69, 9.17) is 0 Å². The molecule has 0 radical (unpaired) electrons. The first-order valence-electron chi connectivity index (χ1n) is 12.7. The van der Waals surface area contributed by atoms with Gasteiger partial charge in [0.25, 0.3) is 0 Å². The molecule has 2 atom stereocenters. The average molecular weight is 498 g/mol. The number of hydrogen-bond donors (Lipinski definition) is 1. The number of likely N-dealkylation sites (tertiary alicyclic amines) is 2. The van der Waals surface area contributed by atoms with Gasteiger partial charge in [-0.05, 0) is 47.6 Å². The highest BCUT2D eigenvalue weighted by Crippen LogP contribution is 2.41. The summed E-state index contributed by atoms with van der Waals surface area (Å²) in [5, 5.41) is 10.7. The zero-order chi connectivity index (χ0) is 26.0. The molecule has 3 amide bonds. The van der Waals surface area contributed by atoms with Crippen LogP contribution in [0.25, 0.3) is 11.1 Å². The standard InChI is InChI=1S/C30H31N3O4/c1-32-26(34)19-30(29(32)37,24-12-10-22(11-13-24)21-7-3-2-4-8-21)20-27(35)33-17-14-23(15-18-33)28(36)25-9-5-6-16-31-25/h2-13,16,23,28,36H,14-15,17-20H2,1H3/t28-,30+/m1/s1. The van der Waals surface area contributed by atoms with Crippen LogP contribution in [-0.2, 0) is 19.8 Å². The maximum Gasteiger partial charge on any atom is 0.240 e. The van der Waals surface area contributed by atoms with Crippen LogP contribution in [0.2, 0.25) is 0 Å². The fourth-order valence-corrected chi connectivity index (χ4v) is 5.59. The number of aromatic nitrogens is 1.